The first-order chi connectivity index (χ1) is 11.2. The molecular formula is C20H16N2O. The van der Waals surface area contributed by atoms with Gasteiger partial charge in [0.15, 0.2) is 0 Å². The lowest BCUT2D eigenvalue weighted by Gasteiger charge is -2.13. The first-order valence-corrected chi connectivity index (χ1v) is 7.58. The fourth-order valence-corrected chi connectivity index (χ4v) is 3.09. The van der Waals surface area contributed by atoms with Crippen molar-refractivity contribution in [2.75, 3.05) is 0 Å². The summed E-state index contributed by atoms with van der Waals surface area (Å²) in [6.07, 6.45) is 2.09. The molecule has 3 nitrogen and oxygen atoms in total. The Morgan fingerprint density at radius 1 is 0.957 bits per heavy atom. The van der Waals surface area contributed by atoms with Gasteiger partial charge >= 0.3 is 0 Å². The highest BCUT2D eigenvalue weighted by Gasteiger charge is 2.14. The Morgan fingerprint density at radius 3 is 2.57 bits per heavy atom. The minimum absolute atomic E-state index is 0.394. The van der Waals surface area contributed by atoms with Crippen molar-refractivity contribution in [1.82, 2.24) is 4.57 Å². The van der Waals surface area contributed by atoms with Crippen LogP contribution in [0, 0.1) is 0 Å². The van der Waals surface area contributed by atoms with E-state index in [4.69, 9.17) is 5.73 Å². The number of carbonyl (C=O) groups excluding carboxylic acids is 1. The van der Waals surface area contributed by atoms with Crippen LogP contribution in [0.4, 0.5) is 0 Å². The smallest absolute Gasteiger partial charge is 0.248 e. The van der Waals surface area contributed by atoms with E-state index in [9.17, 15) is 4.79 Å². The summed E-state index contributed by atoms with van der Waals surface area (Å²) in [6.45, 7) is 0.817. The Balaban J connectivity index is 1.85. The first kappa shape index (κ1) is 13.6. The molecule has 2 aliphatic rings. The SMILES string of the molecule is NC(=O)c1ccc2cc3n(Cc4ccccc4)cccc-3c2c1. The molecule has 0 fully saturated rings. The maximum atomic E-state index is 11.4. The number of primary amides is 1. The van der Waals surface area contributed by atoms with E-state index in [1.165, 1.54) is 5.56 Å². The number of fused-ring (bicyclic) bond motifs is 3. The number of nitrogens with zero attached hydrogens (tertiary/aromatic N) is 1. The quantitative estimate of drug-likeness (QED) is 0.613. The van der Waals surface area contributed by atoms with Gasteiger partial charge in [0, 0.05) is 29.6 Å². The summed E-state index contributed by atoms with van der Waals surface area (Å²) >= 11 is 0. The maximum absolute atomic E-state index is 11.4. The van der Waals surface area contributed by atoms with Gasteiger partial charge in [-0.1, -0.05) is 42.5 Å². The average Bonchev–Trinajstić information content (AvgIpc) is 2.95. The van der Waals surface area contributed by atoms with Gasteiger partial charge in [0.2, 0.25) is 5.91 Å². The van der Waals surface area contributed by atoms with Crippen molar-refractivity contribution in [2.24, 2.45) is 5.73 Å². The number of hydrogen-bond donors (Lipinski definition) is 1. The largest absolute Gasteiger partial charge is 0.366 e. The second-order valence-corrected chi connectivity index (χ2v) is 5.73. The third kappa shape index (κ3) is 2.36. The van der Waals surface area contributed by atoms with E-state index in [0.717, 1.165) is 28.6 Å². The van der Waals surface area contributed by atoms with Crippen LogP contribution in [0.25, 0.3) is 22.0 Å². The van der Waals surface area contributed by atoms with E-state index >= 15 is 0 Å². The molecule has 0 bridgehead atoms. The molecular weight excluding hydrogens is 284 g/mol. The third-order valence-corrected chi connectivity index (χ3v) is 4.23. The molecule has 4 rings (SSSR count). The van der Waals surface area contributed by atoms with Crippen molar-refractivity contribution in [2.45, 2.75) is 6.54 Å². The molecule has 0 spiro atoms. The summed E-state index contributed by atoms with van der Waals surface area (Å²) < 4.78 is 2.23. The molecule has 0 saturated carbocycles. The van der Waals surface area contributed by atoms with Crippen molar-refractivity contribution < 1.29 is 4.79 Å². The van der Waals surface area contributed by atoms with E-state index in [1.807, 2.05) is 24.3 Å². The molecule has 112 valence electrons. The minimum atomic E-state index is -0.394. The predicted octanol–water partition coefficient (Wildman–Crippen LogP) is 3.89. The van der Waals surface area contributed by atoms with Gasteiger partial charge in [0.05, 0.1) is 0 Å². The lowest BCUT2D eigenvalue weighted by atomic mass is 10.1. The van der Waals surface area contributed by atoms with Crippen LogP contribution in [0.3, 0.4) is 0 Å². The van der Waals surface area contributed by atoms with E-state index in [-0.39, 0.29) is 0 Å². The van der Waals surface area contributed by atoms with Gasteiger partial charge in [-0.2, -0.15) is 0 Å². The van der Waals surface area contributed by atoms with Crippen LogP contribution in [0.5, 0.6) is 0 Å². The van der Waals surface area contributed by atoms with E-state index < -0.39 is 5.91 Å². The van der Waals surface area contributed by atoms with Gasteiger partial charge in [0.1, 0.15) is 0 Å². The lowest BCUT2D eigenvalue weighted by Crippen LogP contribution is -2.10. The molecule has 23 heavy (non-hydrogen) atoms. The zero-order valence-electron chi connectivity index (χ0n) is 12.6. The number of aromatic nitrogens is 1. The van der Waals surface area contributed by atoms with Gasteiger partial charge in [-0.15, -0.1) is 0 Å². The molecule has 0 unspecified atom stereocenters. The second-order valence-electron chi connectivity index (χ2n) is 5.73. The summed E-state index contributed by atoms with van der Waals surface area (Å²) in [6, 6.07) is 22.3. The standard InChI is InChI=1S/C20H16N2O/c21-20(23)16-9-8-15-12-19-17(18(15)11-16)7-4-10-22(19)13-14-5-2-1-3-6-14/h1-12H,13H2,(H2,21,23). The number of pyridine rings is 1. The van der Waals surface area contributed by atoms with Crippen LogP contribution in [-0.2, 0) is 6.54 Å². The molecule has 1 aliphatic heterocycles. The Labute approximate surface area is 134 Å². The van der Waals surface area contributed by atoms with Crippen molar-refractivity contribution in [1.29, 1.82) is 0 Å². The third-order valence-electron chi connectivity index (χ3n) is 4.23. The number of nitrogens with two attached hydrogens (primary N) is 1. The Morgan fingerprint density at radius 2 is 1.78 bits per heavy atom. The van der Waals surface area contributed by atoms with Gasteiger partial charge in [0.25, 0.3) is 0 Å². The highest BCUT2D eigenvalue weighted by molar-refractivity contribution is 6.05. The molecule has 0 radical (unpaired) electrons. The average molecular weight is 300 g/mol. The number of benzene rings is 2. The molecule has 3 heteroatoms. The maximum Gasteiger partial charge on any atom is 0.248 e. The molecule has 2 aromatic rings. The summed E-state index contributed by atoms with van der Waals surface area (Å²) in [7, 11) is 0. The monoisotopic (exact) mass is 300 g/mol. The Kier molecular flexibility index (Phi) is 3.12. The zero-order chi connectivity index (χ0) is 15.8. The predicted molar refractivity (Wildman–Crippen MR) is 92.6 cm³/mol. The van der Waals surface area contributed by atoms with Crippen LogP contribution in [0.15, 0.2) is 72.9 Å². The molecule has 0 atom stereocenters. The number of rotatable bonds is 3. The number of hydrogen-bond acceptors (Lipinski definition) is 1. The van der Waals surface area contributed by atoms with Crippen molar-refractivity contribution in [3.63, 3.8) is 0 Å². The highest BCUT2D eigenvalue weighted by Crippen LogP contribution is 2.34. The Hall–Kier alpha value is -3.07. The summed E-state index contributed by atoms with van der Waals surface area (Å²) in [5.41, 5.74) is 9.51. The van der Waals surface area contributed by atoms with Crippen molar-refractivity contribution in [3.05, 3.63) is 84.1 Å². The van der Waals surface area contributed by atoms with Crippen LogP contribution < -0.4 is 5.73 Å². The lowest BCUT2D eigenvalue weighted by molar-refractivity contribution is 0.100. The molecule has 2 aromatic carbocycles. The van der Waals surface area contributed by atoms with Gasteiger partial charge in [-0.3, -0.25) is 4.79 Å². The molecule has 0 saturated heterocycles. The van der Waals surface area contributed by atoms with Crippen LogP contribution in [0.2, 0.25) is 0 Å². The molecule has 0 aromatic heterocycles. The van der Waals surface area contributed by atoms with Crippen molar-refractivity contribution in [3.8, 4) is 11.3 Å². The summed E-state index contributed by atoms with van der Waals surface area (Å²) in [5, 5.41) is 2.19. The topological polar surface area (TPSA) is 48.0 Å². The minimum Gasteiger partial charge on any atom is -0.366 e. The summed E-state index contributed by atoms with van der Waals surface area (Å²) in [4.78, 5) is 11.4. The molecule has 1 aliphatic carbocycles. The van der Waals surface area contributed by atoms with Gasteiger partial charge < -0.3 is 10.3 Å². The Bertz CT molecular complexity index is 970. The van der Waals surface area contributed by atoms with E-state index in [0.29, 0.717) is 5.56 Å². The summed E-state index contributed by atoms with van der Waals surface area (Å²) in [5.74, 6) is -0.394. The van der Waals surface area contributed by atoms with Crippen LogP contribution in [0.1, 0.15) is 15.9 Å². The number of carbonyl (C=O) groups is 1. The van der Waals surface area contributed by atoms with E-state index in [1.54, 1.807) is 6.07 Å². The van der Waals surface area contributed by atoms with Crippen LogP contribution in [-0.4, -0.2) is 10.5 Å². The van der Waals surface area contributed by atoms with Crippen LogP contribution >= 0.6 is 0 Å². The van der Waals surface area contributed by atoms with Gasteiger partial charge in [-0.25, -0.2) is 0 Å². The molecule has 1 heterocycles. The fourth-order valence-electron chi connectivity index (χ4n) is 3.09. The fraction of sp³-hybridized carbons (Fsp3) is 0.0500. The normalized spacial score (nSPS) is 11.1. The molecule has 2 N–H and O–H groups in total. The zero-order valence-corrected chi connectivity index (χ0v) is 12.6. The van der Waals surface area contributed by atoms with Crippen molar-refractivity contribution >= 4 is 16.7 Å². The number of amides is 1. The van der Waals surface area contributed by atoms with E-state index in [2.05, 4.69) is 47.2 Å². The highest BCUT2D eigenvalue weighted by atomic mass is 16.1. The van der Waals surface area contributed by atoms with Gasteiger partial charge in [-0.05, 0) is 40.6 Å². The second kappa shape index (κ2) is 5.29. The molecule has 1 amide bonds. The first-order valence-electron chi connectivity index (χ1n) is 7.58.